The summed E-state index contributed by atoms with van der Waals surface area (Å²) in [4.78, 5) is 35.6. The van der Waals surface area contributed by atoms with Gasteiger partial charge in [-0.1, -0.05) is 12.1 Å². The van der Waals surface area contributed by atoms with E-state index in [0.717, 1.165) is 5.56 Å². The first-order valence-corrected chi connectivity index (χ1v) is 6.71. The van der Waals surface area contributed by atoms with Gasteiger partial charge < -0.3 is 15.3 Å². The lowest BCUT2D eigenvalue weighted by atomic mass is 10.1. The molecule has 0 bridgehead atoms. The summed E-state index contributed by atoms with van der Waals surface area (Å²) in [5.74, 6) is -2.16. The Morgan fingerprint density at radius 1 is 1.19 bits per heavy atom. The van der Waals surface area contributed by atoms with E-state index >= 15 is 0 Å². The normalized spacial score (nSPS) is 19.7. The van der Waals surface area contributed by atoms with E-state index < -0.39 is 17.8 Å². The number of nitrogens with one attached hydrogen (secondary N) is 1. The number of aliphatic carboxylic acids is 1. The minimum absolute atomic E-state index is 0.0761. The number of carbonyl (C=O) groups is 3. The minimum Gasteiger partial charge on any atom is -0.481 e. The maximum Gasteiger partial charge on any atom is 0.307 e. The van der Waals surface area contributed by atoms with Gasteiger partial charge in [-0.2, -0.15) is 0 Å². The minimum atomic E-state index is -0.915. The summed E-state index contributed by atoms with van der Waals surface area (Å²) in [5, 5.41) is 11.5. The second-order valence-electron chi connectivity index (χ2n) is 5.40. The molecule has 0 saturated heterocycles. The average molecular weight is 290 g/mol. The predicted octanol–water partition coefficient (Wildman–Crippen LogP) is 0.725. The Balaban J connectivity index is 1.86. The first kappa shape index (κ1) is 15.0. The zero-order valence-corrected chi connectivity index (χ0v) is 12.0. The average Bonchev–Trinajstić information content (AvgIpc) is 3.25. The highest BCUT2D eigenvalue weighted by molar-refractivity contribution is 5.94. The van der Waals surface area contributed by atoms with Crippen LogP contribution in [0.5, 0.6) is 0 Å². The van der Waals surface area contributed by atoms with Crippen molar-refractivity contribution in [3.05, 3.63) is 35.4 Å². The number of hydrogen-bond acceptors (Lipinski definition) is 3. The van der Waals surface area contributed by atoms with Gasteiger partial charge in [-0.05, 0) is 24.1 Å². The molecule has 1 aromatic carbocycles. The number of carbonyl (C=O) groups excluding carboxylic acids is 2. The fourth-order valence-corrected chi connectivity index (χ4v) is 2.10. The van der Waals surface area contributed by atoms with E-state index in [2.05, 4.69) is 5.32 Å². The number of rotatable bonds is 5. The molecule has 112 valence electrons. The largest absolute Gasteiger partial charge is 0.481 e. The van der Waals surface area contributed by atoms with E-state index in [1.807, 2.05) is 0 Å². The Morgan fingerprint density at radius 2 is 1.81 bits per heavy atom. The third kappa shape index (κ3) is 3.59. The summed E-state index contributed by atoms with van der Waals surface area (Å²) in [6.45, 7) is 0.331. The van der Waals surface area contributed by atoms with Crippen LogP contribution in [-0.4, -0.2) is 41.9 Å². The van der Waals surface area contributed by atoms with Crippen LogP contribution in [0.4, 0.5) is 0 Å². The molecule has 0 aromatic heterocycles. The van der Waals surface area contributed by atoms with Crippen molar-refractivity contribution in [3.63, 3.8) is 0 Å². The van der Waals surface area contributed by atoms with Crippen LogP contribution < -0.4 is 5.32 Å². The Labute approximate surface area is 122 Å². The van der Waals surface area contributed by atoms with Crippen LogP contribution in [0.1, 0.15) is 22.3 Å². The Morgan fingerprint density at radius 3 is 2.29 bits per heavy atom. The van der Waals surface area contributed by atoms with Crippen molar-refractivity contribution >= 4 is 17.8 Å². The molecule has 1 fully saturated rings. The zero-order chi connectivity index (χ0) is 15.6. The lowest BCUT2D eigenvalue weighted by Gasteiger charge is -2.10. The third-order valence-electron chi connectivity index (χ3n) is 3.52. The summed E-state index contributed by atoms with van der Waals surface area (Å²) in [7, 11) is 3.37. The van der Waals surface area contributed by atoms with E-state index in [1.54, 1.807) is 38.4 Å². The molecule has 21 heavy (non-hydrogen) atoms. The van der Waals surface area contributed by atoms with Crippen LogP contribution >= 0.6 is 0 Å². The summed E-state index contributed by atoms with van der Waals surface area (Å²) < 4.78 is 0. The number of amides is 2. The summed E-state index contributed by atoms with van der Waals surface area (Å²) in [6, 6.07) is 6.97. The molecule has 1 aliphatic rings. The molecule has 1 saturated carbocycles. The van der Waals surface area contributed by atoms with E-state index in [0.29, 0.717) is 18.5 Å². The van der Waals surface area contributed by atoms with Crippen LogP contribution in [0.2, 0.25) is 0 Å². The number of carboxylic acids is 1. The van der Waals surface area contributed by atoms with Crippen molar-refractivity contribution in [2.45, 2.75) is 13.0 Å². The third-order valence-corrected chi connectivity index (χ3v) is 3.52. The second kappa shape index (κ2) is 5.95. The molecule has 2 unspecified atom stereocenters. The summed E-state index contributed by atoms with van der Waals surface area (Å²) in [5.41, 5.74) is 1.45. The van der Waals surface area contributed by atoms with Gasteiger partial charge in [0, 0.05) is 26.2 Å². The van der Waals surface area contributed by atoms with Crippen LogP contribution in [-0.2, 0) is 16.1 Å². The van der Waals surface area contributed by atoms with Crippen molar-refractivity contribution < 1.29 is 19.5 Å². The van der Waals surface area contributed by atoms with E-state index in [-0.39, 0.29) is 11.8 Å². The molecule has 2 atom stereocenters. The Hall–Kier alpha value is -2.37. The molecule has 2 N–H and O–H groups in total. The van der Waals surface area contributed by atoms with E-state index in [4.69, 9.17) is 5.11 Å². The second-order valence-corrected chi connectivity index (χ2v) is 5.40. The highest BCUT2D eigenvalue weighted by Crippen LogP contribution is 2.38. The van der Waals surface area contributed by atoms with Gasteiger partial charge in [0.25, 0.3) is 5.91 Å². The van der Waals surface area contributed by atoms with E-state index in [9.17, 15) is 14.4 Å². The number of hydrogen-bond donors (Lipinski definition) is 2. The maximum absolute atomic E-state index is 11.7. The lowest BCUT2D eigenvalue weighted by Crippen LogP contribution is -2.26. The monoisotopic (exact) mass is 290 g/mol. The van der Waals surface area contributed by atoms with Crippen LogP contribution in [0.25, 0.3) is 0 Å². The van der Waals surface area contributed by atoms with Gasteiger partial charge in [0.15, 0.2) is 0 Å². The fourth-order valence-electron chi connectivity index (χ4n) is 2.10. The van der Waals surface area contributed by atoms with Crippen LogP contribution in [0.15, 0.2) is 24.3 Å². The smallest absolute Gasteiger partial charge is 0.307 e. The molecular formula is C15H18N2O4. The molecule has 0 aliphatic heterocycles. The molecular weight excluding hydrogens is 272 g/mol. The molecule has 0 heterocycles. The molecule has 2 rings (SSSR count). The highest BCUT2D eigenvalue weighted by atomic mass is 16.4. The molecule has 6 heteroatoms. The van der Waals surface area contributed by atoms with Crippen molar-refractivity contribution in [3.8, 4) is 0 Å². The van der Waals surface area contributed by atoms with Gasteiger partial charge in [0.1, 0.15) is 0 Å². The van der Waals surface area contributed by atoms with Crippen LogP contribution in [0.3, 0.4) is 0 Å². The molecule has 0 radical (unpaired) electrons. The summed E-state index contributed by atoms with van der Waals surface area (Å²) in [6.07, 6.45) is 0.414. The Bertz CT molecular complexity index is 566. The van der Waals surface area contributed by atoms with Crippen molar-refractivity contribution in [2.24, 2.45) is 11.8 Å². The quantitative estimate of drug-likeness (QED) is 0.837. The maximum atomic E-state index is 11.7. The standard InChI is InChI=1S/C15H18N2O4/c1-17(2)14(19)10-5-3-9(4-6-10)8-16-13(18)11-7-12(11)15(20)21/h3-6,11-12H,7-8H2,1-2H3,(H,16,18)(H,20,21). The summed E-state index contributed by atoms with van der Waals surface area (Å²) >= 11 is 0. The van der Waals surface area contributed by atoms with Gasteiger partial charge >= 0.3 is 5.97 Å². The first-order chi connectivity index (χ1) is 9.90. The van der Waals surface area contributed by atoms with Crippen molar-refractivity contribution in [1.29, 1.82) is 0 Å². The number of benzene rings is 1. The van der Waals surface area contributed by atoms with E-state index in [1.165, 1.54) is 4.90 Å². The van der Waals surface area contributed by atoms with Gasteiger partial charge in [-0.25, -0.2) is 0 Å². The van der Waals surface area contributed by atoms with Crippen molar-refractivity contribution in [1.82, 2.24) is 10.2 Å². The lowest BCUT2D eigenvalue weighted by molar-refractivity contribution is -0.140. The van der Waals surface area contributed by atoms with Gasteiger partial charge in [-0.3, -0.25) is 14.4 Å². The zero-order valence-electron chi connectivity index (χ0n) is 12.0. The van der Waals surface area contributed by atoms with Crippen LogP contribution in [0, 0.1) is 11.8 Å². The molecule has 6 nitrogen and oxygen atoms in total. The topological polar surface area (TPSA) is 86.7 Å². The van der Waals surface area contributed by atoms with Crippen molar-refractivity contribution in [2.75, 3.05) is 14.1 Å². The van der Waals surface area contributed by atoms with Gasteiger partial charge in [0.05, 0.1) is 11.8 Å². The molecule has 0 spiro atoms. The SMILES string of the molecule is CN(C)C(=O)c1ccc(CNC(=O)C2CC2C(=O)O)cc1. The number of nitrogens with zero attached hydrogens (tertiary/aromatic N) is 1. The first-order valence-electron chi connectivity index (χ1n) is 6.71. The Kier molecular flexibility index (Phi) is 4.26. The van der Waals surface area contributed by atoms with Gasteiger partial charge in [0.2, 0.25) is 5.91 Å². The fraction of sp³-hybridized carbons (Fsp3) is 0.400. The molecule has 1 aromatic rings. The predicted molar refractivity (Wildman–Crippen MR) is 75.5 cm³/mol. The molecule has 1 aliphatic carbocycles. The van der Waals surface area contributed by atoms with Gasteiger partial charge in [-0.15, -0.1) is 0 Å². The number of carboxylic acid groups (broad SMARTS) is 1. The highest BCUT2D eigenvalue weighted by Gasteiger charge is 2.48. The molecule has 2 amide bonds.